The molecule has 0 aromatic carbocycles. The third kappa shape index (κ3) is 8.12. The molecule has 0 atom stereocenters. The van der Waals surface area contributed by atoms with Crippen LogP contribution in [0.1, 0.15) is 20.3 Å². The minimum Gasteiger partial charge on any atom is -0.385 e. The van der Waals surface area contributed by atoms with E-state index >= 15 is 0 Å². The maximum absolute atomic E-state index is 11.3. The van der Waals surface area contributed by atoms with Crippen molar-refractivity contribution < 1.29 is 17.9 Å². The average Bonchev–Trinajstić information content (AvgIpc) is 2.27. The first-order valence-electron chi connectivity index (χ1n) is 5.64. The molecule has 1 amide bonds. The fraction of sp³-hybridized carbons (Fsp3) is 0.900. The molecule has 0 radical (unpaired) electrons. The molecule has 0 saturated heterocycles. The van der Waals surface area contributed by atoms with E-state index in [1.807, 2.05) is 0 Å². The van der Waals surface area contributed by atoms with Crippen molar-refractivity contribution in [2.24, 2.45) is 0 Å². The fourth-order valence-corrected chi connectivity index (χ4v) is 1.87. The number of ether oxygens (including phenoxy) is 1. The molecule has 1 N–H and O–H groups in total. The van der Waals surface area contributed by atoms with Crippen molar-refractivity contribution in [2.75, 3.05) is 39.1 Å². The van der Waals surface area contributed by atoms with Gasteiger partial charge in [-0.05, 0) is 13.3 Å². The SMILES string of the molecule is CCS(=O)(=O)NCCN(CCCOC)C(C)=O. The number of sulfonamides is 1. The molecule has 7 heteroatoms. The zero-order chi connectivity index (χ0) is 13.3. The molecular weight excluding hydrogens is 244 g/mol. The summed E-state index contributed by atoms with van der Waals surface area (Å²) in [5, 5.41) is 0. The summed E-state index contributed by atoms with van der Waals surface area (Å²) < 4.78 is 29.7. The Bertz CT molecular complexity index is 316. The largest absolute Gasteiger partial charge is 0.385 e. The van der Waals surface area contributed by atoms with Crippen LogP contribution in [0.15, 0.2) is 0 Å². The minimum absolute atomic E-state index is 0.0523. The van der Waals surface area contributed by atoms with E-state index in [1.54, 1.807) is 18.9 Å². The van der Waals surface area contributed by atoms with E-state index in [0.717, 1.165) is 6.42 Å². The smallest absolute Gasteiger partial charge is 0.219 e. The van der Waals surface area contributed by atoms with Gasteiger partial charge in [0.05, 0.1) is 5.75 Å². The van der Waals surface area contributed by atoms with Crippen molar-refractivity contribution in [3.63, 3.8) is 0 Å². The normalized spacial score (nSPS) is 11.5. The number of amides is 1. The molecule has 0 aliphatic carbocycles. The van der Waals surface area contributed by atoms with Crippen molar-refractivity contribution in [3.05, 3.63) is 0 Å². The van der Waals surface area contributed by atoms with Crippen molar-refractivity contribution in [3.8, 4) is 0 Å². The highest BCUT2D eigenvalue weighted by Crippen LogP contribution is 1.93. The van der Waals surface area contributed by atoms with E-state index in [4.69, 9.17) is 4.74 Å². The Hall–Kier alpha value is -0.660. The molecule has 0 saturated carbocycles. The number of methoxy groups -OCH3 is 1. The standard InChI is InChI=1S/C10H22N2O4S/c1-4-17(14,15)11-6-8-12(10(2)13)7-5-9-16-3/h11H,4-9H2,1-3H3. The Labute approximate surface area is 103 Å². The Morgan fingerprint density at radius 3 is 2.47 bits per heavy atom. The van der Waals surface area contributed by atoms with Gasteiger partial charge >= 0.3 is 0 Å². The Kier molecular flexibility index (Phi) is 8.11. The number of nitrogens with one attached hydrogen (secondary N) is 1. The summed E-state index contributed by atoms with van der Waals surface area (Å²) in [6, 6.07) is 0. The topological polar surface area (TPSA) is 75.7 Å². The lowest BCUT2D eigenvalue weighted by atomic mass is 10.4. The molecule has 0 bridgehead atoms. The van der Waals surface area contributed by atoms with Crippen LogP contribution in [-0.2, 0) is 19.6 Å². The number of hydrogen-bond acceptors (Lipinski definition) is 4. The van der Waals surface area contributed by atoms with Gasteiger partial charge in [-0.2, -0.15) is 0 Å². The Morgan fingerprint density at radius 1 is 1.35 bits per heavy atom. The summed E-state index contributed by atoms with van der Waals surface area (Å²) >= 11 is 0. The molecule has 17 heavy (non-hydrogen) atoms. The molecule has 0 aromatic rings. The second-order valence-corrected chi connectivity index (χ2v) is 5.75. The summed E-state index contributed by atoms with van der Waals surface area (Å²) in [7, 11) is -1.57. The zero-order valence-electron chi connectivity index (χ0n) is 10.7. The molecule has 0 rings (SSSR count). The second kappa shape index (κ2) is 8.43. The van der Waals surface area contributed by atoms with Gasteiger partial charge in [0, 0.05) is 40.3 Å². The third-order valence-electron chi connectivity index (χ3n) is 2.31. The average molecular weight is 266 g/mol. The first-order valence-corrected chi connectivity index (χ1v) is 7.30. The summed E-state index contributed by atoms with van der Waals surface area (Å²) in [5.74, 6) is -0.00619. The van der Waals surface area contributed by atoms with E-state index in [0.29, 0.717) is 19.7 Å². The van der Waals surface area contributed by atoms with Crippen LogP contribution in [-0.4, -0.2) is 58.3 Å². The van der Waals surface area contributed by atoms with E-state index in [2.05, 4.69) is 4.72 Å². The summed E-state index contributed by atoms with van der Waals surface area (Å²) in [6.07, 6.45) is 0.747. The highest BCUT2D eigenvalue weighted by molar-refractivity contribution is 7.89. The lowest BCUT2D eigenvalue weighted by Crippen LogP contribution is -2.38. The van der Waals surface area contributed by atoms with E-state index in [1.165, 1.54) is 6.92 Å². The van der Waals surface area contributed by atoms with Crippen molar-refractivity contribution in [1.82, 2.24) is 9.62 Å². The fourth-order valence-electron chi connectivity index (χ4n) is 1.26. The van der Waals surface area contributed by atoms with Crippen molar-refractivity contribution in [1.29, 1.82) is 0 Å². The van der Waals surface area contributed by atoms with Crippen molar-refractivity contribution in [2.45, 2.75) is 20.3 Å². The first kappa shape index (κ1) is 16.3. The maximum atomic E-state index is 11.3. The molecule has 0 spiro atoms. The quantitative estimate of drug-likeness (QED) is 0.587. The Morgan fingerprint density at radius 2 is 2.00 bits per heavy atom. The van der Waals surface area contributed by atoms with Gasteiger partial charge in [-0.3, -0.25) is 4.79 Å². The molecule has 0 unspecified atom stereocenters. The molecule has 0 aliphatic heterocycles. The second-order valence-electron chi connectivity index (χ2n) is 3.65. The van der Waals surface area contributed by atoms with Crippen LogP contribution in [0, 0.1) is 0 Å². The molecule has 102 valence electrons. The van der Waals surface area contributed by atoms with Crippen LogP contribution in [0.3, 0.4) is 0 Å². The van der Waals surface area contributed by atoms with Crippen LogP contribution in [0.2, 0.25) is 0 Å². The van der Waals surface area contributed by atoms with Gasteiger partial charge in [-0.15, -0.1) is 0 Å². The lowest BCUT2D eigenvalue weighted by Gasteiger charge is -2.20. The van der Waals surface area contributed by atoms with Gasteiger partial charge in [0.2, 0.25) is 15.9 Å². The molecule has 0 fully saturated rings. The van der Waals surface area contributed by atoms with Gasteiger partial charge in [-0.1, -0.05) is 0 Å². The monoisotopic (exact) mass is 266 g/mol. The predicted octanol–water partition coefficient (Wildman–Crippen LogP) is -0.189. The molecule has 0 aliphatic rings. The van der Waals surface area contributed by atoms with Gasteiger partial charge in [-0.25, -0.2) is 13.1 Å². The predicted molar refractivity (Wildman–Crippen MR) is 66.2 cm³/mol. The molecule has 0 heterocycles. The van der Waals surface area contributed by atoms with Crippen LogP contribution in [0.5, 0.6) is 0 Å². The van der Waals surface area contributed by atoms with Crippen LogP contribution in [0.4, 0.5) is 0 Å². The van der Waals surface area contributed by atoms with Crippen LogP contribution < -0.4 is 4.72 Å². The minimum atomic E-state index is -3.18. The van der Waals surface area contributed by atoms with Gasteiger partial charge in [0.1, 0.15) is 0 Å². The number of hydrogen-bond donors (Lipinski definition) is 1. The number of rotatable bonds is 9. The van der Waals surface area contributed by atoms with Gasteiger partial charge in [0.25, 0.3) is 0 Å². The van der Waals surface area contributed by atoms with E-state index < -0.39 is 10.0 Å². The first-order chi connectivity index (χ1) is 7.93. The zero-order valence-corrected chi connectivity index (χ0v) is 11.5. The van der Waals surface area contributed by atoms with Crippen LogP contribution in [0.25, 0.3) is 0 Å². The highest BCUT2D eigenvalue weighted by atomic mass is 32.2. The lowest BCUT2D eigenvalue weighted by molar-refractivity contribution is -0.128. The molecule has 6 nitrogen and oxygen atoms in total. The number of nitrogens with zero attached hydrogens (tertiary/aromatic N) is 1. The third-order valence-corrected chi connectivity index (χ3v) is 3.71. The number of carbonyl (C=O) groups excluding carboxylic acids is 1. The molecule has 0 aromatic heterocycles. The van der Waals surface area contributed by atoms with E-state index in [-0.39, 0.29) is 18.2 Å². The van der Waals surface area contributed by atoms with E-state index in [9.17, 15) is 13.2 Å². The van der Waals surface area contributed by atoms with Gasteiger partial charge in [0.15, 0.2) is 0 Å². The Balaban J connectivity index is 3.97. The number of carbonyl (C=O) groups is 1. The van der Waals surface area contributed by atoms with Crippen molar-refractivity contribution >= 4 is 15.9 Å². The maximum Gasteiger partial charge on any atom is 0.219 e. The summed E-state index contributed by atoms with van der Waals surface area (Å²) in [5.41, 5.74) is 0. The van der Waals surface area contributed by atoms with Gasteiger partial charge < -0.3 is 9.64 Å². The summed E-state index contributed by atoms with van der Waals surface area (Å²) in [4.78, 5) is 12.9. The van der Waals surface area contributed by atoms with Crippen LogP contribution >= 0.6 is 0 Å². The summed E-state index contributed by atoms with van der Waals surface area (Å²) in [6.45, 7) is 4.85. The molecular formula is C10H22N2O4S. The highest BCUT2D eigenvalue weighted by Gasteiger charge is 2.10.